The first kappa shape index (κ1) is 16.2. The second-order valence-electron chi connectivity index (χ2n) is 6.73. The van der Waals surface area contributed by atoms with Crippen LogP contribution >= 0.6 is 0 Å². The van der Waals surface area contributed by atoms with Gasteiger partial charge in [-0.1, -0.05) is 20.8 Å². The molecule has 1 saturated heterocycles. The van der Waals surface area contributed by atoms with Gasteiger partial charge in [0.15, 0.2) is 0 Å². The Morgan fingerprint density at radius 1 is 1.33 bits per heavy atom. The Morgan fingerprint density at radius 2 is 2.05 bits per heavy atom. The smallest absolute Gasteiger partial charge is 0.136 e. The summed E-state index contributed by atoms with van der Waals surface area (Å²) in [6, 6.07) is 2.34. The summed E-state index contributed by atoms with van der Waals surface area (Å²) >= 11 is 0. The highest BCUT2D eigenvalue weighted by Crippen LogP contribution is 2.26. The molecule has 0 saturated carbocycles. The van der Waals surface area contributed by atoms with E-state index in [0.29, 0.717) is 12.6 Å². The van der Waals surface area contributed by atoms with Gasteiger partial charge in [0.05, 0.1) is 31.1 Å². The van der Waals surface area contributed by atoms with Gasteiger partial charge < -0.3 is 14.4 Å². The van der Waals surface area contributed by atoms with Gasteiger partial charge in [-0.2, -0.15) is 0 Å². The molecule has 2 rings (SSSR count). The van der Waals surface area contributed by atoms with Gasteiger partial charge in [-0.3, -0.25) is 0 Å². The van der Waals surface area contributed by atoms with Crippen LogP contribution in [-0.2, 0) is 21.5 Å². The number of hydrogen-bond donors (Lipinski definition) is 0. The van der Waals surface area contributed by atoms with Gasteiger partial charge in [-0.25, -0.2) is 9.97 Å². The van der Waals surface area contributed by atoms with E-state index >= 15 is 0 Å². The van der Waals surface area contributed by atoms with Crippen LogP contribution in [0.4, 0.5) is 5.82 Å². The molecule has 2 unspecified atom stereocenters. The van der Waals surface area contributed by atoms with Crippen LogP contribution in [0.3, 0.4) is 0 Å². The maximum Gasteiger partial charge on any atom is 0.136 e. The second kappa shape index (κ2) is 6.28. The fourth-order valence-electron chi connectivity index (χ4n) is 2.44. The molecule has 2 heterocycles. The van der Waals surface area contributed by atoms with Crippen LogP contribution in [0.2, 0.25) is 0 Å². The van der Waals surface area contributed by atoms with Crippen LogP contribution in [0.15, 0.2) is 6.07 Å². The Kier molecular flexibility index (Phi) is 4.84. The molecule has 0 amide bonds. The van der Waals surface area contributed by atoms with Gasteiger partial charge in [0, 0.05) is 25.1 Å². The summed E-state index contributed by atoms with van der Waals surface area (Å²) in [6.45, 7) is 12.8. The van der Waals surface area contributed by atoms with E-state index in [2.05, 4.69) is 44.5 Å². The zero-order valence-corrected chi connectivity index (χ0v) is 14.0. The number of methoxy groups -OCH3 is 1. The van der Waals surface area contributed by atoms with Crippen LogP contribution in [0.5, 0.6) is 0 Å². The minimum atomic E-state index is -0.0837. The normalized spacial score (nSPS) is 23.4. The van der Waals surface area contributed by atoms with Crippen molar-refractivity contribution in [3.05, 3.63) is 17.6 Å². The van der Waals surface area contributed by atoms with Gasteiger partial charge in [-0.15, -0.1) is 0 Å². The predicted molar refractivity (Wildman–Crippen MR) is 83.7 cm³/mol. The topological polar surface area (TPSA) is 47.5 Å². The molecule has 2 atom stereocenters. The Balaban J connectivity index is 2.39. The third-order valence-corrected chi connectivity index (χ3v) is 3.91. The number of anilines is 1. The van der Waals surface area contributed by atoms with Crippen LogP contribution in [0, 0.1) is 0 Å². The summed E-state index contributed by atoms with van der Waals surface area (Å²) in [7, 11) is 1.69. The lowest BCUT2D eigenvalue weighted by molar-refractivity contribution is 0.0280. The van der Waals surface area contributed by atoms with Crippen LogP contribution in [-0.4, -0.2) is 42.4 Å². The monoisotopic (exact) mass is 293 g/mol. The molecule has 1 fully saturated rings. The van der Waals surface area contributed by atoms with E-state index in [9.17, 15) is 0 Å². The van der Waals surface area contributed by atoms with E-state index in [1.165, 1.54) is 0 Å². The summed E-state index contributed by atoms with van der Waals surface area (Å²) in [5, 5.41) is 0. The van der Waals surface area contributed by atoms with Gasteiger partial charge in [0.2, 0.25) is 0 Å². The Bertz CT molecular complexity index is 485. The quantitative estimate of drug-likeness (QED) is 0.857. The van der Waals surface area contributed by atoms with Crippen molar-refractivity contribution in [3.8, 4) is 0 Å². The highest BCUT2D eigenvalue weighted by Gasteiger charge is 2.28. The third-order valence-electron chi connectivity index (χ3n) is 3.91. The summed E-state index contributed by atoms with van der Waals surface area (Å²) in [5.74, 6) is 1.84. The minimum absolute atomic E-state index is 0.0837. The summed E-state index contributed by atoms with van der Waals surface area (Å²) in [6.07, 6.45) is 0.206. The molecule has 1 aliphatic heterocycles. The molecular weight excluding hydrogens is 266 g/mol. The van der Waals surface area contributed by atoms with E-state index in [4.69, 9.17) is 14.5 Å². The van der Waals surface area contributed by atoms with Crippen molar-refractivity contribution < 1.29 is 9.47 Å². The predicted octanol–water partition coefficient (Wildman–Crippen LogP) is 2.53. The first-order chi connectivity index (χ1) is 9.82. The highest BCUT2D eigenvalue weighted by molar-refractivity contribution is 5.42. The van der Waals surface area contributed by atoms with E-state index < -0.39 is 0 Å². The van der Waals surface area contributed by atoms with Crippen LogP contribution in [0.25, 0.3) is 0 Å². The molecular formula is C16H27N3O2. The lowest BCUT2D eigenvalue weighted by Gasteiger charge is -2.39. The Morgan fingerprint density at radius 3 is 2.67 bits per heavy atom. The number of morpholine rings is 1. The molecule has 1 aromatic rings. The molecule has 21 heavy (non-hydrogen) atoms. The van der Waals surface area contributed by atoms with Crippen molar-refractivity contribution in [3.63, 3.8) is 0 Å². The number of aromatic nitrogens is 2. The average Bonchev–Trinajstić information content (AvgIpc) is 2.41. The SMILES string of the molecule is COCc1cc(N2CCOC(C)C2C)nc(C(C)(C)C)n1. The van der Waals surface area contributed by atoms with Crippen molar-refractivity contribution in [2.45, 2.75) is 58.8 Å². The van der Waals surface area contributed by atoms with Crippen molar-refractivity contribution in [2.75, 3.05) is 25.2 Å². The lowest BCUT2D eigenvalue weighted by Crippen LogP contribution is -2.49. The standard InChI is InChI=1S/C16H27N3O2/c1-11-12(2)21-8-7-19(11)14-9-13(10-20-6)17-15(18-14)16(3,4)5/h9,11-12H,7-8,10H2,1-6H3. The lowest BCUT2D eigenvalue weighted by atomic mass is 9.95. The molecule has 0 aromatic carbocycles. The average molecular weight is 293 g/mol. The second-order valence-corrected chi connectivity index (χ2v) is 6.73. The van der Waals surface area contributed by atoms with Gasteiger partial charge in [0.25, 0.3) is 0 Å². The van der Waals surface area contributed by atoms with Crippen molar-refractivity contribution in [1.29, 1.82) is 0 Å². The molecule has 0 radical (unpaired) electrons. The highest BCUT2D eigenvalue weighted by atomic mass is 16.5. The maximum absolute atomic E-state index is 5.71. The zero-order chi connectivity index (χ0) is 15.6. The first-order valence-electron chi connectivity index (χ1n) is 7.58. The van der Waals surface area contributed by atoms with Crippen LogP contribution in [0.1, 0.15) is 46.1 Å². The van der Waals surface area contributed by atoms with Gasteiger partial charge in [0.1, 0.15) is 11.6 Å². The van der Waals surface area contributed by atoms with Crippen molar-refractivity contribution in [1.82, 2.24) is 9.97 Å². The van der Waals surface area contributed by atoms with Crippen LogP contribution < -0.4 is 4.90 Å². The van der Waals surface area contributed by atoms with Gasteiger partial charge >= 0.3 is 0 Å². The summed E-state index contributed by atoms with van der Waals surface area (Å²) in [5.41, 5.74) is 0.846. The minimum Gasteiger partial charge on any atom is -0.378 e. The van der Waals surface area contributed by atoms with Gasteiger partial charge in [-0.05, 0) is 13.8 Å². The Labute approximate surface area is 127 Å². The molecule has 1 aromatic heterocycles. The summed E-state index contributed by atoms with van der Waals surface area (Å²) < 4.78 is 11.0. The van der Waals surface area contributed by atoms with Crippen molar-refractivity contribution >= 4 is 5.82 Å². The first-order valence-corrected chi connectivity index (χ1v) is 7.58. The van der Waals surface area contributed by atoms with E-state index in [1.807, 2.05) is 6.07 Å². The molecule has 118 valence electrons. The van der Waals surface area contributed by atoms with E-state index in [-0.39, 0.29) is 11.5 Å². The maximum atomic E-state index is 5.71. The fraction of sp³-hybridized carbons (Fsp3) is 0.750. The number of ether oxygens (including phenoxy) is 2. The van der Waals surface area contributed by atoms with Crippen molar-refractivity contribution in [2.24, 2.45) is 0 Å². The Hall–Kier alpha value is -1.20. The molecule has 0 spiro atoms. The molecule has 1 aliphatic rings. The molecule has 0 bridgehead atoms. The molecule has 0 N–H and O–H groups in total. The number of rotatable bonds is 3. The third kappa shape index (κ3) is 3.71. The van der Waals surface area contributed by atoms with E-state index in [1.54, 1.807) is 7.11 Å². The molecule has 5 nitrogen and oxygen atoms in total. The largest absolute Gasteiger partial charge is 0.378 e. The molecule has 5 heteroatoms. The number of nitrogens with zero attached hydrogens (tertiary/aromatic N) is 3. The molecule has 0 aliphatic carbocycles. The zero-order valence-electron chi connectivity index (χ0n) is 14.0. The number of hydrogen-bond acceptors (Lipinski definition) is 5. The van der Waals surface area contributed by atoms with E-state index in [0.717, 1.165) is 30.5 Å². The summed E-state index contributed by atoms with van der Waals surface area (Å²) in [4.78, 5) is 11.7. The fourth-order valence-corrected chi connectivity index (χ4v) is 2.44.